The number of fused-ring (bicyclic) bond motifs is 1. The lowest BCUT2D eigenvalue weighted by atomic mass is 10.1. The monoisotopic (exact) mass is 341 g/mol. The molecule has 2 aromatic heterocycles. The third-order valence-corrected chi connectivity index (χ3v) is 4.07. The summed E-state index contributed by atoms with van der Waals surface area (Å²) in [6.07, 6.45) is 0. The Balaban J connectivity index is 1.72. The number of nitrogens with one attached hydrogen (secondary N) is 1. The first kappa shape index (κ1) is 16.8. The highest BCUT2D eigenvalue weighted by Crippen LogP contribution is 2.22. The van der Waals surface area contributed by atoms with Crippen molar-refractivity contribution in [3.8, 4) is 5.75 Å². The van der Waals surface area contributed by atoms with Gasteiger partial charge in [-0.15, -0.1) is 0 Å². The molecule has 1 N–H and O–H groups in total. The number of carbonyl (C=O) groups excluding carboxylic acids is 1. The smallest absolute Gasteiger partial charge is 0.336 e. The van der Waals surface area contributed by atoms with Crippen molar-refractivity contribution in [2.24, 2.45) is 7.05 Å². The van der Waals surface area contributed by atoms with Gasteiger partial charge in [-0.25, -0.2) is 4.79 Å². The minimum absolute atomic E-state index is 0.157. The van der Waals surface area contributed by atoms with E-state index < -0.39 is 5.63 Å². The molecule has 7 nitrogen and oxygen atoms in total. The molecule has 2 heterocycles. The number of aryl methyl sites for hydroxylation is 3. The Morgan fingerprint density at radius 1 is 1.28 bits per heavy atom. The van der Waals surface area contributed by atoms with Crippen LogP contribution in [0.4, 0.5) is 5.69 Å². The maximum atomic E-state index is 12.1. The van der Waals surface area contributed by atoms with Crippen LogP contribution in [0.2, 0.25) is 0 Å². The van der Waals surface area contributed by atoms with Gasteiger partial charge < -0.3 is 14.5 Å². The van der Waals surface area contributed by atoms with Crippen LogP contribution in [0.5, 0.6) is 5.75 Å². The molecule has 0 spiro atoms. The summed E-state index contributed by atoms with van der Waals surface area (Å²) in [5.74, 6) is 0.168. The van der Waals surface area contributed by atoms with Crippen LogP contribution in [0.25, 0.3) is 11.0 Å². The van der Waals surface area contributed by atoms with E-state index in [1.54, 1.807) is 22.9 Å². The number of hydrogen-bond donors (Lipinski definition) is 1. The third-order valence-electron chi connectivity index (χ3n) is 4.07. The molecule has 0 saturated heterocycles. The molecule has 0 bridgehead atoms. The highest BCUT2D eigenvalue weighted by atomic mass is 16.5. The molecule has 1 aromatic carbocycles. The lowest BCUT2D eigenvalue weighted by molar-refractivity contribution is -0.118. The number of hydrogen-bond acceptors (Lipinski definition) is 5. The molecule has 0 aliphatic carbocycles. The van der Waals surface area contributed by atoms with Gasteiger partial charge in [0.1, 0.15) is 11.3 Å². The Bertz CT molecular complexity index is 1020. The number of ether oxygens (including phenoxy) is 1. The first-order valence-electron chi connectivity index (χ1n) is 7.82. The number of amides is 1. The highest BCUT2D eigenvalue weighted by Gasteiger charge is 2.13. The van der Waals surface area contributed by atoms with Crippen LogP contribution < -0.4 is 15.7 Å². The quantitative estimate of drug-likeness (QED) is 0.737. The van der Waals surface area contributed by atoms with Crippen molar-refractivity contribution in [2.45, 2.75) is 20.8 Å². The Morgan fingerprint density at radius 3 is 2.72 bits per heavy atom. The van der Waals surface area contributed by atoms with Crippen molar-refractivity contribution in [1.82, 2.24) is 9.78 Å². The molecule has 1 amide bonds. The standard InChI is InChI=1S/C18H19N3O4/c1-10-7-17(23)25-15-8-13(5-6-14(10)15)24-9-16(22)19-18-11(2)20-21(4)12(18)3/h5-8H,9H2,1-4H3,(H,19,22). The molecule has 130 valence electrons. The zero-order valence-corrected chi connectivity index (χ0v) is 14.5. The van der Waals surface area contributed by atoms with Crippen molar-refractivity contribution < 1.29 is 13.9 Å². The summed E-state index contributed by atoms with van der Waals surface area (Å²) in [4.78, 5) is 23.6. The van der Waals surface area contributed by atoms with Crippen LogP contribution in [0.3, 0.4) is 0 Å². The zero-order chi connectivity index (χ0) is 18.1. The van der Waals surface area contributed by atoms with Crippen molar-refractivity contribution in [2.75, 3.05) is 11.9 Å². The predicted molar refractivity (Wildman–Crippen MR) is 94.0 cm³/mol. The van der Waals surface area contributed by atoms with E-state index in [9.17, 15) is 9.59 Å². The van der Waals surface area contributed by atoms with Gasteiger partial charge in [-0.1, -0.05) is 0 Å². The van der Waals surface area contributed by atoms with E-state index in [1.165, 1.54) is 6.07 Å². The van der Waals surface area contributed by atoms with Gasteiger partial charge in [-0.05, 0) is 38.5 Å². The van der Waals surface area contributed by atoms with E-state index in [1.807, 2.05) is 27.8 Å². The maximum Gasteiger partial charge on any atom is 0.336 e. The van der Waals surface area contributed by atoms with Gasteiger partial charge in [0.15, 0.2) is 6.61 Å². The van der Waals surface area contributed by atoms with Crippen LogP contribution in [0.15, 0.2) is 33.5 Å². The Morgan fingerprint density at radius 2 is 2.04 bits per heavy atom. The molecular formula is C18H19N3O4. The summed E-state index contributed by atoms with van der Waals surface area (Å²) in [6, 6.07) is 6.59. The van der Waals surface area contributed by atoms with E-state index in [0.717, 1.165) is 22.3 Å². The molecule has 0 atom stereocenters. The molecule has 0 radical (unpaired) electrons. The van der Waals surface area contributed by atoms with Crippen molar-refractivity contribution >= 4 is 22.6 Å². The highest BCUT2D eigenvalue weighted by molar-refractivity contribution is 5.93. The van der Waals surface area contributed by atoms with E-state index >= 15 is 0 Å². The Hall–Kier alpha value is -3.09. The van der Waals surface area contributed by atoms with E-state index in [4.69, 9.17) is 9.15 Å². The summed E-state index contributed by atoms with van der Waals surface area (Å²) in [7, 11) is 1.82. The molecule has 3 rings (SSSR count). The minimum Gasteiger partial charge on any atom is -0.484 e. The molecule has 7 heteroatoms. The summed E-state index contributed by atoms with van der Waals surface area (Å²) < 4.78 is 12.4. The summed E-state index contributed by atoms with van der Waals surface area (Å²) in [6.45, 7) is 5.39. The Kier molecular flexibility index (Phi) is 4.31. The van der Waals surface area contributed by atoms with Gasteiger partial charge in [0.05, 0.1) is 17.1 Å². The number of benzene rings is 1. The fraction of sp³-hybridized carbons (Fsp3) is 0.278. The average molecular weight is 341 g/mol. The van der Waals surface area contributed by atoms with Gasteiger partial charge in [-0.2, -0.15) is 5.10 Å². The fourth-order valence-electron chi connectivity index (χ4n) is 2.67. The number of nitrogens with zero attached hydrogens (tertiary/aromatic N) is 2. The molecule has 0 aliphatic heterocycles. The maximum absolute atomic E-state index is 12.1. The van der Waals surface area contributed by atoms with Gasteiger partial charge in [0.2, 0.25) is 0 Å². The molecule has 0 fully saturated rings. The normalized spacial score (nSPS) is 10.9. The predicted octanol–water partition coefficient (Wildman–Crippen LogP) is 2.47. The van der Waals surface area contributed by atoms with Crippen molar-refractivity contribution in [3.63, 3.8) is 0 Å². The molecule has 3 aromatic rings. The van der Waals surface area contributed by atoms with Gasteiger partial charge >= 0.3 is 5.63 Å². The van der Waals surface area contributed by atoms with Crippen LogP contribution >= 0.6 is 0 Å². The van der Waals surface area contributed by atoms with E-state index in [-0.39, 0.29) is 12.5 Å². The first-order valence-corrected chi connectivity index (χ1v) is 7.82. The van der Waals surface area contributed by atoms with Gasteiger partial charge in [0, 0.05) is 24.6 Å². The van der Waals surface area contributed by atoms with Crippen LogP contribution in [0, 0.1) is 20.8 Å². The largest absolute Gasteiger partial charge is 0.484 e. The molecule has 25 heavy (non-hydrogen) atoms. The van der Waals surface area contributed by atoms with Crippen molar-refractivity contribution in [1.29, 1.82) is 0 Å². The summed E-state index contributed by atoms with van der Waals surface area (Å²) in [5.41, 5.74) is 3.16. The topological polar surface area (TPSA) is 86.4 Å². The van der Waals surface area contributed by atoms with Crippen LogP contribution in [-0.2, 0) is 11.8 Å². The molecule has 0 saturated carbocycles. The minimum atomic E-state index is -0.414. The molecular weight excluding hydrogens is 322 g/mol. The number of rotatable bonds is 4. The second-order valence-corrected chi connectivity index (χ2v) is 5.91. The van der Waals surface area contributed by atoms with Gasteiger partial charge in [-0.3, -0.25) is 9.48 Å². The fourth-order valence-corrected chi connectivity index (χ4v) is 2.67. The second-order valence-electron chi connectivity index (χ2n) is 5.91. The van der Waals surface area contributed by atoms with E-state index in [0.29, 0.717) is 17.0 Å². The second kappa shape index (κ2) is 6.43. The number of carbonyl (C=O) groups is 1. The lowest BCUT2D eigenvalue weighted by Crippen LogP contribution is -2.20. The SMILES string of the molecule is Cc1nn(C)c(C)c1NC(=O)COc1ccc2c(C)cc(=O)oc2c1. The van der Waals surface area contributed by atoms with Gasteiger partial charge in [0.25, 0.3) is 5.91 Å². The molecule has 0 unspecified atom stereocenters. The number of anilines is 1. The van der Waals surface area contributed by atoms with Crippen LogP contribution in [-0.4, -0.2) is 22.3 Å². The third kappa shape index (κ3) is 3.40. The zero-order valence-electron chi connectivity index (χ0n) is 14.5. The summed E-state index contributed by atoms with van der Waals surface area (Å²) >= 11 is 0. The average Bonchev–Trinajstić information content (AvgIpc) is 2.78. The summed E-state index contributed by atoms with van der Waals surface area (Å²) in [5, 5.41) is 7.89. The van der Waals surface area contributed by atoms with E-state index in [2.05, 4.69) is 10.4 Å². The van der Waals surface area contributed by atoms with Crippen molar-refractivity contribution in [3.05, 3.63) is 51.6 Å². The first-order chi connectivity index (χ1) is 11.8. The number of aromatic nitrogens is 2. The lowest BCUT2D eigenvalue weighted by Gasteiger charge is -2.09. The molecule has 0 aliphatic rings. The van der Waals surface area contributed by atoms with Crippen LogP contribution in [0.1, 0.15) is 17.0 Å². The Labute approximate surface area is 144 Å².